The summed E-state index contributed by atoms with van der Waals surface area (Å²) < 4.78 is 2.10. The number of hydrogen-bond acceptors (Lipinski definition) is 3. The maximum absolute atomic E-state index is 12.7. The van der Waals surface area contributed by atoms with Gasteiger partial charge in [0, 0.05) is 34.9 Å². The van der Waals surface area contributed by atoms with E-state index in [0.29, 0.717) is 12.2 Å². The van der Waals surface area contributed by atoms with Crippen LogP contribution in [0.15, 0.2) is 84.6 Å². The first kappa shape index (κ1) is 21.6. The summed E-state index contributed by atoms with van der Waals surface area (Å²) in [5.41, 5.74) is 4.37. The molecule has 4 aromatic rings. The number of amides is 1. The topological polar surface area (TPSA) is 95.1 Å². The molecule has 0 saturated carbocycles. The third-order valence-electron chi connectivity index (χ3n) is 5.29. The van der Waals surface area contributed by atoms with Crippen LogP contribution in [0.1, 0.15) is 27.0 Å². The number of para-hydroxylation sites is 1. The number of carboxylic acids is 1. The molecule has 0 fully saturated rings. The quantitative estimate of drug-likeness (QED) is 0.320. The van der Waals surface area contributed by atoms with Gasteiger partial charge in [-0.25, -0.2) is 4.79 Å². The van der Waals surface area contributed by atoms with Gasteiger partial charge in [-0.1, -0.05) is 54.1 Å². The van der Waals surface area contributed by atoms with Crippen LogP contribution in [0.4, 0.5) is 5.69 Å². The maximum atomic E-state index is 12.7. The van der Waals surface area contributed by atoms with Crippen LogP contribution >= 0.6 is 0 Å². The number of hydrogen-bond donors (Lipinski definition) is 2. The van der Waals surface area contributed by atoms with Gasteiger partial charge in [0.25, 0.3) is 5.91 Å². The van der Waals surface area contributed by atoms with Crippen LogP contribution in [0.5, 0.6) is 0 Å². The number of aromatic nitrogens is 1. The maximum Gasteiger partial charge on any atom is 0.335 e. The molecule has 3 aromatic carbocycles. The third kappa shape index (κ3) is 4.83. The summed E-state index contributed by atoms with van der Waals surface area (Å²) >= 11 is 0. The van der Waals surface area contributed by atoms with Crippen molar-refractivity contribution < 1.29 is 14.7 Å². The fourth-order valence-electron chi connectivity index (χ4n) is 3.76. The highest BCUT2D eigenvalue weighted by atomic mass is 16.4. The lowest BCUT2D eigenvalue weighted by atomic mass is 10.1. The fraction of sp³-hybridized carbons (Fsp3) is 0.0741. The van der Waals surface area contributed by atoms with Crippen molar-refractivity contribution in [3.63, 3.8) is 0 Å². The standard InChI is InChI=1S/C27H21N3O3/c1-18-6-4-7-19(12-18)16-30-17-22(24-10-2-3-11-25(24)30)13-21(15-28)26(31)29-23-9-5-8-20(14-23)27(32)33/h2-14,17H,16H2,1H3,(H,29,31)(H,32,33)/b21-13-. The molecule has 2 N–H and O–H groups in total. The van der Waals surface area contributed by atoms with Gasteiger partial charge >= 0.3 is 5.97 Å². The molecule has 6 nitrogen and oxygen atoms in total. The van der Waals surface area contributed by atoms with E-state index in [4.69, 9.17) is 5.11 Å². The monoisotopic (exact) mass is 435 g/mol. The Hall–Kier alpha value is -4.63. The summed E-state index contributed by atoms with van der Waals surface area (Å²) in [5, 5.41) is 22.3. The number of nitriles is 1. The summed E-state index contributed by atoms with van der Waals surface area (Å²) in [6.07, 6.45) is 3.49. The van der Waals surface area contributed by atoms with Gasteiger partial charge in [-0.2, -0.15) is 5.26 Å². The van der Waals surface area contributed by atoms with E-state index in [1.807, 2.05) is 42.6 Å². The van der Waals surface area contributed by atoms with Crippen LogP contribution in [0.2, 0.25) is 0 Å². The lowest BCUT2D eigenvalue weighted by Gasteiger charge is -2.06. The molecule has 33 heavy (non-hydrogen) atoms. The molecule has 0 aliphatic carbocycles. The lowest BCUT2D eigenvalue weighted by molar-refractivity contribution is -0.112. The Bertz CT molecular complexity index is 1440. The Morgan fingerprint density at radius 2 is 1.85 bits per heavy atom. The number of carbonyl (C=O) groups is 2. The number of carbonyl (C=O) groups excluding carboxylic acids is 1. The van der Waals surface area contributed by atoms with E-state index in [9.17, 15) is 14.9 Å². The molecular formula is C27H21N3O3. The molecule has 1 amide bonds. The average molecular weight is 435 g/mol. The second-order valence-electron chi connectivity index (χ2n) is 7.73. The van der Waals surface area contributed by atoms with E-state index in [-0.39, 0.29) is 11.1 Å². The summed E-state index contributed by atoms with van der Waals surface area (Å²) in [6.45, 7) is 2.71. The van der Waals surface area contributed by atoms with E-state index < -0.39 is 11.9 Å². The number of rotatable bonds is 6. The van der Waals surface area contributed by atoms with Crippen LogP contribution in [-0.2, 0) is 11.3 Å². The van der Waals surface area contributed by atoms with Crippen molar-refractivity contribution in [1.29, 1.82) is 5.26 Å². The SMILES string of the molecule is Cc1cccc(Cn2cc(/C=C(/C#N)C(=O)Nc3cccc(C(=O)O)c3)c3ccccc32)c1. The van der Waals surface area contributed by atoms with Crippen molar-refractivity contribution in [2.45, 2.75) is 13.5 Å². The number of fused-ring (bicyclic) bond motifs is 1. The highest BCUT2D eigenvalue weighted by molar-refractivity contribution is 6.11. The molecule has 6 heteroatoms. The number of aromatic carboxylic acids is 1. The van der Waals surface area contributed by atoms with Crippen molar-refractivity contribution >= 4 is 34.5 Å². The Labute approximate surface area is 191 Å². The van der Waals surface area contributed by atoms with Gasteiger partial charge in [-0.3, -0.25) is 4.79 Å². The van der Waals surface area contributed by atoms with Crippen molar-refractivity contribution in [1.82, 2.24) is 4.57 Å². The Morgan fingerprint density at radius 1 is 1.06 bits per heavy atom. The lowest BCUT2D eigenvalue weighted by Crippen LogP contribution is -2.13. The predicted octanol–water partition coefficient (Wildman–Crippen LogP) is 5.24. The zero-order valence-electron chi connectivity index (χ0n) is 17.9. The second kappa shape index (κ2) is 9.25. The molecule has 0 aliphatic rings. The van der Waals surface area contributed by atoms with Gasteiger partial charge in [0.05, 0.1) is 5.56 Å². The molecule has 1 heterocycles. The molecule has 1 aromatic heterocycles. The van der Waals surface area contributed by atoms with Gasteiger partial charge < -0.3 is 15.0 Å². The van der Waals surface area contributed by atoms with Crippen LogP contribution in [-0.4, -0.2) is 21.6 Å². The first-order chi connectivity index (χ1) is 15.9. The summed E-state index contributed by atoms with van der Waals surface area (Å²) in [7, 11) is 0. The zero-order valence-corrected chi connectivity index (χ0v) is 17.9. The number of nitrogens with one attached hydrogen (secondary N) is 1. The number of carboxylic acid groups (broad SMARTS) is 1. The number of anilines is 1. The van der Waals surface area contributed by atoms with E-state index in [2.05, 4.69) is 35.0 Å². The Morgan fingerprint density at radius 3 is 2.61 bits per heavy atom. The van der Waals surface area contributed by atoms with Crippen molar-refractivity contribution in [3.8, 4) is 6.07 Å². The minimum absolute atomic E-state index is 0.0505. The van der Waals surface area contributed by atoms with Crippen LogP contribution < -0.4 is 5.32 Å². The molecular weight excluding hydrogens is 414 g/mol. The number of benzene rings is 3. The number of aryl methyl sites for hydroxylation is 1. The van der Waals surface area contributed by atoms with Gasteiger partial charge in [0.15, 0.2) is 0 Å². The highest BCUT2D eigenvalue weighted by Crippen LogP contribution is 2.25. The van der Waals surface area contributed by atoms with Crippen molar-refractivity contribution in [3.05, 3.63) is 107 Å². The second-order valence-corrected chi connectivity index (χ2v) is 7.73. The molecule has 0 aliphatic heterocycles. The van der Waals surface area contributed by atoms with E-state index >= 15 is 0 Å². The largest absolute Gasteiger partial charge is 0.478 e. The predicted molar refractivity (Wildman–Crippen MR) is 128 cm³/mol. The number of nitrogens with zero attached hydrogens (tertiary/aromatic N) is 2. The average Bonchev–Trinajstić information content (AvgIpc) is 3.14. The van der Waals surface area contributed by atoms with Gasteiger partial charge in [0.2, 0.25) is 0 Å². The van der Waals surface area contributed by atoms with Gasteiger partial charge in [-0.05, 0) is 42.8 Å². The summed E-state index contributed by atoms with van der Waals surface area (Å²) in [6, 6.07) is 24.0. The van der Waals surface area contributed by atoms with Crippen LogP contribution in [0, 0.1) is 18.3 Å². The first-order valence-corrected chi connectivity index (χ1v) is 10.3. The molecule has 4 rings (SSSR count). The molecule has 0 spiro atoms. The van der Waals surface area contributed by atoms with Crippen LogP contribution in [0.25, 0.3) is 17.0 Å². The highest BCUT2D eigenvalue weighted by Gasteiger charge is 2.14. The summed E-state index contributed by atoms with van der Waals surface area (Å²) in [5.74, 6) is -1.70. The minimum Gasteiger partial charge on any atom is -0.478 e. The van der Waals surface area contributed by atoms with Crippen molar-refractivity contribution in [2.24, 2.45) is 0 Å². The molecule has 0 unspecified atom stereocenters. The Kier molecular flexibility index (Phi) is 6.05. The van der Waals surface area contributed by atoms with E-state index in [0.717, 1.165) is 22.0 Å². The molecule has 162 valence electrons. The van der Waals surface area contributed by atoms with Gasteiger partial charge in [-0.15, -0.1) is 0 Å². The fourth-order valence-corrected chi connectivity index (χ4v) is 3.76. The minimum atomic E-state index is -1.09. The molecule has 0 radical (unpaired) electrons. The Balaban J connectivity index is 1.66. The third-order valence-corrected chi connectivity index (χ3v) is 5.29. The smallest absolute Gasteiger partial charge is 0.335 e. The van der Waals surface area contributed by atoms with E-state index in [1.165, 1.54) is 23.8 Å². The van der Waals surface area contributed by atoms with Crippen LogP contribution in [0.3, 0.4) is 0 Å². The summed E-state index contributed by atoms with van der Waals surface area (Å²) in [4.78, 5) is 23.9. The molecule has 0 bridgehead atoms. The van der Waals surface area contributed by atoms with Crippen molar-refractivity contribution in [2.75, 3.05) is 5.32 Å². The first-order valence-electron chi connectivity index (χ1n) is 10.3. The molecule has 0 saturated heterocycles. The van der Waals surface area contributed by atoms with E-state index in [1.54, 1.807) is 12.1 Å². The normalized spacial score (nSPS) is 11.2. The van der Waals surface area contributed by atoms with Gasteiger partial charge in [0.1, 0.15) is 11.6 Å². The zero-order chi connectivity index (χ0) is 23.4. The molecule has 0 atom stereocenters.